The van der Waals surface area contributed by atoms with Gasteiger partial charge in [0.1, 0.15) is 11.2 Å². The molecule has 0 spiro atoms. The van der Waals surface area contributed by atoms with Crippen molar-refractivity contribution in [2.24, 2.45) is 0 Å². The van der Waals surface area contributed by atoms with Gasteiger partial charge in [0.25, 0.3) is 0 Å². The van der Waals surface area contributed by atoms with Gasteiger partial charge < -0.3 is 8.98 Å². The van der Waals surface area contributed by atoms with Crippen molar-refractivity contribution in [3.8, 4) is 39.9 Å². The first-order valence-electron chi connectivity index (χ1n) is 16.9. The maximum absolute atomic E-state index is 6.49. The number of furan rings is 1. The highest BCUT2D eigenvalue weighted by atomic mass is 32.1. The molecule has 0 atom stereocenters. The zero-order chi connectivity index (χ0) is 33.5. The molecule has 0 aliphatic carbocycles. The van der Waals surface area contributed by atoms with E-state index < -0.39 is 0 Å². The summed E-state index contributed by atoms with van der Waals surface area (Å²) >= 11 is 1.79. The summed E-state index contributed by atoms with van der Waals surface area (Å²) < 4.78 is 11.3. The molecule has 11 aromatic rings. The normalized spacial score (nSPS) is 11.9. The number of nitrogens with zero attached hydrogens (tertiary/aromatic N) is 4. The van der Waals surface area contributed by atoms with Crippen molar-refractivity contribution in [2.45, 2.75) is 0 Å². The number of thiophene rings is 1. The molecule has 0 saturated heterocycles. The van der Waals surface area contributed by atoms with Gasteiger partial charge in [0.05, 0.1) is 11.0 Å². The molecule has 6 heteroatoms. The van der Waals surface area contributed by atoms with Gasteiger partial charge in [0, 0.05) is 64.1 Å². The van der Waals surface area contributed by atoms with Crippen LogP contribution < -0.4 is 0 Å². The lowest BCUT2D eigenvalue weighted by Gasteiger charge is -2.10. The molecule has 238 valence electrons. The van der Waals surface area contributed by atoms with Crippen molar-refractivity contribution in [2.75, 3.05) is 0 Å². The Hall–Kier alpha value is -6.63. The number of fused-ring (bicyclic) bond motifs is 9. The molecular formula is C45H26N4OS. The maximum Gasteiger partial charge on any atom is 0.164 e. The Bertz CT molecular complexity index is 3100. The number of aromatic nitrogens is 4. The summed E-state index contributed by atoms with van der Waals surface area (Å²) in [7, 11) is 0. The van der Waals surface area contributed by atoms with Gasteiger partial charge in [0.15, 0.2) is 17.5 Å². The third-order valence-corrected chi connectivity index (χ3v) is 11.0. The number of hydrogen-bond donors (Lipinski definition) is 0. The van der Waals surface area contributed by atoms with Gasteiger partial charge in [-0.25, -0.2) is 15.0 Å². The molecule has 4 heterocycles. The van der Waals surface area contributed by atoms with E-state index in [2.05, 4.69) is 120 Å². The van der Waals surface area contributed by atoms with Crippen LogP contribution in [0.3, 0.4) is 0 Å². The van der Waals surface area contributed by atoms with Gasteiger partial charge in [-0.2, -0.15) is 0 Å². The van der Waals surface area contributed by atoms with Crippen molar-refractivity contribution in [3.05, 3.63) is 158 Å². The van der Waals surface area contributed by atoms with Crippen LogP contribution in [0.15, 0.2) is 162 Å². The van der Waals surface area contributed by atoms with E-state index in [1.165, 1.54) is 30.9 Å². The summed E-state index contributed by atoms with van der Waals surface area (Å²) in [6.07, 6.45) is 0. The van der Waals surface area contributed by atoms with Gasteiger partial charge >= 0.3 is 0 Å². The SMILES string of the molecule is c1ccc(-c2nc(-c3ccc4c(c3)sc3ccccc34)nc(-c3cccc4oc5ccc(-n6c7ccccc7c7ccccc76)cc5c34)n2)cc1. The van der Waals surface area contributed by atoms with Crippen molar-refractivity contribution in [3.63, 3.8) is 0 Å². The predicted molar refractivity (Wildman–Crippen MR) is 211 cm³/mol. The summed E-state index contributed by atoms with van der Waals surface area (Å²) in [4.78, 5) is 15.4. The van der Waals surface area contributed by atoms with E-state index in [1.54, 1.807) is 11.3 Å². The van der Waals surface area contributed by atoms with E-state index in [0.29, 0.717) is 17.5 Å². The fourth-order valence-corrected chi connectivity index (χ4v) is 8.69. The lowest BCUT2D eigenvalue weighted by molar-refractivity contribution is 0.669. The van der Waals surface area contributed by atoms with E-state index in [0.717, 1.165) is 55.3 Å². The first-order chi connectivity index (χ1) is 25.3. The second-order valence-corrected chi connectivity index (χ2v) is 13.9. The lowest BCUT2D eigenvalue weighted by atomic mass is 10.0. The molecule has 0 radical (unpaired) electrons. The molecule has 0 bridgehead atoms. The third-order valence-electron chi connectivity index (χ3n) is 9.86. The fourth-order valence-electron chi connectivity index (χ4n) is 7.55. The van der Waals surface area contributed by atoms with Crippen LogP contribution in [0.25, 0.3) is 104 Å². The van der Waals surface area contributed by atoms with Crippen LogP contribution in [0, 0.1) is 0 Å². The first kappa shape index (κ1) is 28.2. The molecule has 0 saturated carbocycles. The summed E-state index contributed by atoms with van der Waals surface area (Å²) in [6.45, 7) is 0. The number of hydrogen-bond acceptors (Lipinski definition) is 5. The summed E-state index contributed by atoms with van der Waals surface area (Å²) in [5, 5.41) is 6.95. The maximum atomic E-state index is 6.49. The van der Waals surface area contributed by atoms with Gasteiger partial charge in [0.2, 0.25) is 0 Å². The smallest absolute Gasteiger partial charge is 0.164 e. The Balaban J connectivity index is 1.14. The van der Waals surface area contributed by atoms with Crippen LogP contribution in [0.2, 0.25) is 0 Å². The Morgan fingerprint density at radius 3 is 1.90 bits per heavy atom. The molecule has 5 nitrogen and oxygen atoms in total. The number of rotatable bonds is 4. The largest absolute Gasteiger partial charge is 0.456 e. The topological polar surface area (TPSA) is 56.7 Å². The predicted octanol–water partition coefficient (Wildman–Crippen LogP) is 12.2. The van der Waals surface area contributed by atoms with E-state index >= 15 is 0 Å². The van der Waals surface area contributed by atoms with Crippen LogP contribution in [-0.4, -0.2) is 19.5 Å². The first-order valence-corrected chi connectivity index (χ1v) is 17.8. The monoisotopic (exact) mass is 670 g/mol. The Morgan fingerprint density at radius 1 is 0.431 bits per heavy atom. The van der Waals surface area contributed by atoms with Crippen LogP contribution in [0.1, 0.15) is 0 Å². The number of para-hydroxylation sites is 2. The Labute approximate surface area is 295 Å². The molecule has 4 aromatic heterocycles. The van der Waals surface area contributed by atoms with E-state index in [4.69, 9.17) is 19.4 Å². The minimum atomic E-state index is 0.603. The summed E-state index contributed by atoms with van der Waals surface area (Å²) in [5.74, 6) is 1.86. The molecule has 0 N–H and O–H groups in total. The molecule has 0 amide bonds. The zero-order valence-electron chi connectivity index (χ0n) is 27.1. The van der Waals surface area contributed by atoms with E-state index in [1.807, 2.05) is 42.5 Å². The van der Waals surface area contributed by atoms with E-state index in [9.17, 15) is 0 Å². The second-order valence-electron chi connectivity index (χ2n) is 12.8. The zero-order valence-corrected chi connectivity index (χ0v) is 27.9. The highest BCUT2D eigenvalue weighted by Crippen LogP contribution is 2.40. The average molecular weight is 671 g/mol. The fraction of sp³-hybridized carbons (Fsp3) is 0. The van der Waals surface area contributed by atoms with Gasteiger partial charge in [-0.15, -0.1) is 11.3 Å². The Kier molecular flexibility index (Phi) is 6.05. The van der Waals surface area contributed by atoms with Crippen LogP contribution in [0.4, 0.5) is 0 Å². The summed E-state index contributed by atoms with van der Waals surface area (Å²) in [5.41, 5.74) is 7.78. The molecule has 0 fully saturated rings. The van der Waals surface area contributed by atoms with Gasteiger partial charge in [-0.3, -0.25) is 0 Å². The van der Waals surface area contributed by atoms with Crippen molar-refractivity contribution >= 4 is 75.3 Å². The molecule has 7 aromatic carbocycles. The molecule has 0 aliphatic heterocycles. The minimum Gasteiger partial charge on any atom is -0.456 e. The highest BCUT2D eigenvalue weighted by molar-refractivity contribution is 7.25. The van der Waals surface area contributed by atoms with Crippen LogP contribution >= 0.6 is 11.3 Å². The second kappa shape index (κ2) is 10.9. The van der Waals surface area contributed by atoms with Crippen molar-refractivity contribution in [1.82, 2.24) is 19.5 Å². The minimum absolute atomic E-state index is 0.603. The number of benzene rings is 7. The van der Waals surface area contributed by atoms with Gasteiger partial charge in [-0.1, -0.05) is 109 Å². The highest BCUT2D eigenvalue weighted by Gasteiger charge is 2.20. The molecule has 11 rings (SSSR count). The molecule has 0 aliphatic rings. The van der Waals surface area contributed by atoms with Crippen molar-refractivity contribution < 1.29 is 4.42 Å². The van der Waals surface area contributed by atoms with Gasteiger partial charge in [-0.05, 0) is 48.5 Å². The standard InChI is InChI=1S/C45H26N4OS/c1-2-11-27(12-3-1)43-46-44(28-21-23-33-32-15-6-9-20-40(32)51-41(33)25-28)48-45(47-43)34-16-10-19-39-42(34)35-26-29(22-24-38(35)50-39)49-36-17-7-4-13-30(36)31-14-5-8-18-37(31)49/h1-26H. The molecular weight excluding hydrogens is 645 g/mol. The lowest BCUT2D eigenvalue weighted by Crippen LogP contribution is -2.00. The average Bonchev–Trinajstić information content (AvgIpc) is 3.87. The van der Waals surface area contributed by atoms with E-state index in [-0.39, 0.29) is 0 Å². The quantitative estimate of drug-likeness (QED) is 0.187. The van der Waals surface area contributed by atoms with Crippen LogP contribution in [0.5, 0.6) is 0 Å². The van der Waals surface area contributed by atoms with Crippen molar-refractivity contribution in [1.29, 1.82) is 0 Å². The Morgan fingerprint density at radius 2 is 1.10 bits per heavy atom. The van der Waals surface area contributed by atoms with Crippen LogP contribution in [-0.2, 0) is 0 Å². The molecule has 0 unspecified atom stereocenters. The summed E-state index contributed by atoms with van der Waals surface area (Å²) in [6, 6.07) is 55.0. The third kappa shape index (κ3) is 4.37. The molecule has 51 heavy (non-hydrogen) atoms.